The number of rotatable bonds is 4. The van der Waals surface area contributed by atoms with E-state index in [-0.39, 0.29) is 11.3 Å². The molecule has 2 N–H and O–H groups in total. The maximum atomic E-state index is 13.1. The lowest BCUT2D eigenvalue weighted by Gasteiger charge is -2.18. The molecule has 4 rings (SSSR count). The molecule has 0 spiro atoms. The molecule has 1 aliphatic rings. The van der Waals surface area contributed by atoms with Crippen LogP contribution in [-0.2, 0) is 17.6 Å². The third kappa shape index (κ3) is 3.67. The van der Waals surface area contributed by atoms with E-state index in [4.69, 9.17) is 0 Å². The number of para-hydroxylation sites is 1. The second-order valence-electron chi connectivity index (χ2n) is 7.46. The Balaban J connectivity index is 1.57. The average Bonchev–Trinajstić information content (AvgIpc) is 3.07. The number of nitrogens with one attached hydrogen (secondary N) is 1. The van der Waals surface area contributed by atoms with E-state index in [1.54, 1.807) is 36.5 Å². The molecule has 150 valence electrons. The highest BCUT2D eigenvalue weighted by atomic mass is 32.1. The van der Waals surface area contributed by atoms with E-state index in [9.17, 15) is 14.7 Å². The third-order valence-corrected chi connectivity index (χ3v) is 6.52. The minimum absolute atomic E-state index is 0.0703. The van der Waals surface area contributed by atoms with Crippen LogP contribution in [0.25, 0.3) is 10.2 Å². The highest BCUT2D eigenvalue weighted by Crippen LogP contribution is 2.35. The predicted molar refractivity (Wildman–Crippen MR) is 114 cm³/mol. The lowest BCUT2D eigenvalue weighted by Crippen LogP contribution is -2.34. The number of amides is 1. The van der Waals surface area contributed by atoms with Gasteiger partial charge in [0.2, 0.25) is 0 Å². The lowest BCUT2D eigenvalue weighted by atomic mass is 9.89. The van der Waals surface area contributed by atoms with E-state index in [1.807, 2.05) is 0 Å². The van der Waals surface area contributed by atoms with Crippen LogP contribution in [0.2, 0.25) is 0 Å². The fourth-order valence-electron chi connectivity index (χ4n) is 3.60. The van der Waals surface area contributed by atoms with Gasteiger partial charge >= 0.3 is 0 Å². The molecule has 0 fully saturated rings. The molecule has 7 nitrogen and oxygen atoms in total. The molecule has 8 heteroatoms. The van der Waals surface area contributed by atoms with E-state index >= 15 is 0 Å². The minimum Gasteiger partial charge on any atom is -0.507 e. The summed E-state index contributed by atoms with van der Waals surface area (Å²) in [5.41, 5.74) is 3.83. The number of fused-ring (bicyclic) bond motifs is 3. The van der Waals surface area contributed by atoms with Gasteiger partial charge in [-0.3, -0.25) is 14.2 Å². The van der Waals surface area contributed by atoms with Crippen molar-refractivity contribution in [1.82, 2.24) is 15.0 Å². The Morgan fingerprint density at radius 3 is 3.03 bits per heavy atom. The van der Waals surface area contributed by atoms with Crippen LogP contribution in [-0.4, -0.2) is 26.8 Å². The van der Waals surface area contributed by atoms with E-state index in [0.29, 0.717) is 16.9 Å². The Labute approximate surface area is 171 Å². The van der Waals surface area contributed by atoms with Gasteiger partial charge in [0, 0.05) is 10.4 Å². The summed E-state index contributed by atoms with van der Waals surface area (Å²) >= 11 is 1.59. The predicted octanol–water partition coefficient (Wildman–Crippen LogP) is 3.00. The maximum absolute atomic E-state index is 13.1. The summed E-state index contributed by atoms with van der Waals surface area (Å²) in [5.74, 6) is 0.253. The number of thiophene rings is 1. The van der Waals surface area contributed by atoms with Gasteiger partial charge in [-0.25, -0.2) is 10.4 Å². The van der Waals surface area contributed by atoms with Gasteiger partial charge in [0.15, 0.2) is 0 Å². The Morgan fingerprint density at radius 2 is 2.24 bits per heavy atom. The number of carbonyl (C=O) groups is 1. The number of hydrogen-bond donors (Lipinski definition) is 2. The number of nitrogens with zero attached hydrogens (tertiary/aromatic N) is 3. The van der Waals surface area contributed by atoms with Crippen LogP contribution in [0.4, 0.5) is 0 Å². The molecule has 2 heterocycles. The van der Waals surface area contributed by atoms with Crippen LogP contribution in [0.1, 0.15) is 42.3 Å². The number of benzene rings is 1. The third-order valence-electron chi connectivity index (χ3n) is 5.35. The van der Waals surface area contributed by atoms with Gasteiger partial charge in [0.05, 0.1) is 17.9 Å². The smallest absolute Gasteiger partial charge is 0.263 e. The zero-order chi connectivity index (χ0) is 20.5. The molecule has 0 saturated heterocycles. The van der Waals surface area contributed by atoms with Crippen molar-refractivity contribution in [1.29, 1.82) is 0 Å². The Bertz CT molecular complexity index is 1160. The van der Waals surface area contributed by atoms with Crippen LogP contribution >= 0.6 is 11.3 Å². The fraction of sp³-hybridized carbons (Fsp3) is 0.333. The summed E-state index contributed by atoms with van der Waals surface area (Å²) in [6.07, 6.45) is 5.72. The fourth-order valence-corrected chi connectivity index (χ4v) is 4.94. The van der Waals surface area contributed by atoms with Gasteiger partial charge < -0.3 is 5.11 Å². The van der Waals surface area contributed by atoms with Gasteiger partial charge in [-0.05, 0) is 49.8 Å². The van der Waals surface area contributed by atoms with Crippen molar-refractivity contribution in [3.05, 3.63) is 57.0 Å². The minimum atomic E-state index is -0.765. The molecule has 1 aromatic carbocycles. The molecule has 2 atom stereocenters. The van der Waals surface area contributed by atoms with Gasteiger partial charge in [0.1, 0.15) is 16.6 Å². The average molecular weight is 410 g/mol. The Morgan fingerprint density at radius 1 is 1.45 bits per heavy atom. The maximum Gasteiger partial charge on any atom is 0.263 e. The first-order valence-electron chi connectivity index (χ1n) is 9.58. The van der Waals surface area contributed by atoms with Crippen molar-refractivity contribution in [2.75, 3.05) is 0 Å². The molecule has 1 amide bonds. The molecular weight excluding hydrogens is 388 g/mol. The van der Waals surface area contributed by atoms with Crippen molar-refractivity contribution in [3.8, 4) is 5.75 Å². The van der Waals surface area contributed by atoms with Crippen LogP contribution in [0.15, 0.2) is 40.5 Å². The molecule has 0 unspecified atom stereocenters. The van der Waals surface area contributed by atoms with Crippen molar-refractivity contribution >= 4 is 33.7 Å². The molecule has 29 heavy (non-hydrogen) atoms. The van der Waals surface area contributed by atoms with E-state index in [1.165, 1.54) is 28.1 Å². The number of phenolic OH excluding ortho intramolecular Hbond substituents is 1. The normalized spacial score (nSPS) is 17.4. The molecule has 0 aliphatic heterocycles. The van der Waals surface area contributed by atoms with Crippen molar-refractivity contribution in [2.24, 2.45) is 11.0 Å². The second-order valence-corrected chi connectivity index (χ2v) is 8.54. The molecule has 2 aromatic heterocycles. The van der Waals surface area contributed by atoms with Gasteiger partial charge in [-0.1, -0.05) is 19.1 Å². The van der Waals surface area contributed by atoms with Crippen molar-refractivity contribution in [3.63, 3.8) is 0 Å². The second kappa shape index (κ2) is 7.79. The molecule has 3 aromatic rings. The SMILES string of the molecule is C[C@@H]1CCc2c(sc3ncn([C@H](C)C(=O)N/N=C\c4ccccc4O)c(=O)c23)C1. The quantitative estimate of drug-likeness (QED) is 0.510. The van der Waals surface area contributed by atoms with E-state index in [0.717, 1.165) is 29.7 Å². The first-order chi connectivity index (χ1) is 14.0. The number of phenols is 1. The summed E-state index contributed by atoms with van der Waals surface area (Å²) in [7, 11) is 0. The number of hydrazone groups is 1. The molecule has 0 bridgehead atoms. The Hall–Kier alpha value is -3.00. The molecule has 0 radical (unpaired) electrons. The van der Waals surface area contributed by atoms with Gasteiger partial charge in [-0.2, -0.15) is 5.10 Å². The highest BCUT2D eigenvalue weighted by molar-refractivity contribution is 7.18. The summed E-state index contributed by atoms with van der Waals surface area (Å²) in [5, 5.41) is 14.3. The first kappa shape index (κ1) is 19.3. The summed E-state index contributed by atoms with van der Waals surface area (Å²) < 4.78 is 1.36. The summed E-state index contributed by atoms with van der Waals surface area (Å²) in [6.45, 7) is 3.86. The van der Waals surface area contributed by atoms with Crippen LogP contribution < -0.4 is 11.0 Å². The number of aromatic hydroxyl groups is 1. The molecule has 1 aliphatic carbocycles. The number of carbonyl (C=O) groups excluding carboxylic acids is 1. The first-order valence-corrected chi connectivity index (χ1v) is 10.4. The van der Waals surface area contributed by atoms with Crippen LogP contribution in [0.3, 0.4) is 0 Å². The van der Waals surface area contributed by atoms with Gasteiger partial charge in [0.25, 0.3) is 11.5 Å². The van der Waals surface area contributed by atoms with Gasteiger partial charge in [-0.15, -0.1) is 11.3 Å². The Kier molecular flexibility index (Phi) is 5.19. The van der Waals surface area contributed by atoms with Crippen molar-refractivity contribution < 1.29 is 9.90 Å². The van der Waals surface area contributed by atoms with E-state index in [2.05, 4.69) is 22.4 Å². The molecule has 0 saturated carbocycles. The monoisotopic (exact) mass is 410 g/mol. The zero-order valence-corrected chi connectivity index (χ0v) is 17.1. The number of aromatic nitrogens is 2. The summed E-state index contributed by atoms with van der Waals surface area (Å²) in [4.78, 5) is 32.0. The number of aryl methyl sites for hydroxylation is 1. The lowest BCUT2D eigenvalue weighted by molar-refractivity contribution is -0.123. The van der Waals surface area contributed by atoms with Crippen LogP contribution in [0.5, 0.6) is 5.75 Å². The number of hydrogen-bond acceptors (Lipinski definition) is 6. The van der Waals surface area contributed by atoms with Crippen LogP contribution in [0, 0.1) is 5.92 Å². The molecular formula is C21H22N4O3S. The largest absolute Gasteiger partial charge is 0.507 e. The zero-order valence-electron chi connectivity index (χ0n) is 16.3. The summed E-state index contributed by atoms with van der Waals surface area (Å²) in [6, 6.07) is 5.91. The highest BCUT2D eigenvalue weighted by Gasteiger charge is 2.25. The standard InChI is InChI=1S/C21H22N4O3S/c1-12-7-8-15-17(9-12)29-20-18(15)21(28)25(11-22-20)13(2)19(27)24-23-10-14-5-3-4-6-16(14)26/h3-6,10-13,26H,7-9H2,1-2H3,(H,24,27)/b23-10-/t12-,13-/m1/s1. The topological polar surface area (TPSA) is 96.6 Å². The van der Waals surface area contributed by atoms with E-state index < -0.39 is 11.9 Å². The van der Waals surface area contributed by atoms with Crippen molar-refractivity contribution in [2.45, 2.75) is 39.2 Å².